The van der Waals surface area contributed by atoms with Crippen molar-refractivity contribution in [3.8, 4) is 0 Å². The third-order valence-electron chi connectivity index (χ3n) is 2.95. The summed E-state index contributed by atoms with van der Waals surface area (Å²) < 4.78 is 13.8. The fourth-order valence-corrected chi connectivity index (χ4v) is 2.30. The molecule has 1 heterocycles. The molecular formula is C15H17BrFN3. The molecule has 0 fully saturated rings. The van der Waals surface area contributed by atoms with Crippen molar-refractivity contribution in [3.63, 3.8) is 0 Å². The van der Waals surface area contributed by atoms with Gasteiger partial charge in [-0.05, 0) is 47.1 Å². The van der Waals surface area contributed by atoms with Crippen molar-refractivity contribution in [2.24, 2.45) is 0 Å². The lowest BCUT2D eigenvalue weighted by Gasteiger charge is -2.23. The molecule has 0 saturated carbocycles. The van der Waals surface area contributed by atoms with Crippen LogP contribution in [0, 0.1) is 5.82 Å². The van der Waals surface area contributed by atoms with Crippen LogP contribution in [0.3, 0.4) is 0 Å². The first kappa shape index (κ1) is 14.9. The van der Waals surface area contributed by atoms with Gasteiger partial charge in [-0.25, -0.2) is 14.4 Å². The van der Waals surface area contributed by atoms with Crippen LogP contribution in [0.1, 0.15) is 32.5 Å². The molecule has 0 aliphatic carbocycles. The summed E-state index contributed by atoms with van der Waals surface area (Å²) in [5, 5.41) is 0. The summed E-state index contributed by atoms with van der Waals surface area (Å²) in [6.45, 7) is 6.89. The van der Waals surface area contributed by atoms with Gasteiger partial charge in [0.25, 0.3) is 0 Å². The summed E-state index contributed by atoms with van der Waals surface area (Å²) in [6, 6.07) is 8.29. The Morgan fingerprint density at radius 1 is 1.20 bits per heavy atom. The van der Waals surface area contributed by atoms with Crippen LogP contribution in [0.5, 0.6) is 0 Å². The Kier molecular flexibility index (Phi) is 4.70. The van der Waals surface area contributed by atoms with E-state index in [4.69, 9.17) is 0 Å². The van der Waals surface area contributed by atoms with E-state index in [0.29, 0.717) is 0 Å². The van der Waals surface area contributed by atoms with Gasteiger partial charge in [0, 0.05) is 24.2 Å². The highest BCUT2D eigenvalue weighted by atomic mass is 79.9. The minimum absolute atomic E-state index is 0.239. The average Bonchev–Trinajstić information content (AvgIpc) is 2.41. The zero-order valence-electron chi connectivity index (χ0n) is 11.8. The van der Waals surface area contributed by atoms with Crippen LogP contribution >= 0.6 is 15.9 Å². The molecule has 0 saturated heterocycles. The molecular weight excluding hydrogens is 321 g/mol. The number of rotatable bonds is 4. The van der Waals surface area contributed by atoms with Gasteiger partial charge in [-0.1, -0.05) is 13.8 Å². The van der Waals surface area contributed by atoms with Crippen LogP contribution in [0.4, 0.5) is 15.9 Å². The van der Waals surface area contributed by atoms with Crippen LogP contribution in [0.2, 0.25) is 0 Å². The van der Waals surface area contributed by atoms with Gasteiger partial charge in [0.05, 0.1) is 0 Å². The number of nitrogens with zero attached hydrogens (tertiary/aromatic N) is 3. The molecule has 1 aromatic carbocycles. The van der Waals surface area contributed by atoms with Crippen molar-refractivity contribution in [1.82, 2.24) is 9.97 Å². The molecule has 5 heteroatoms. The molecule has 1 aromatic heterocycles. The Hall–Kier alpha value is -1.49. The van der Waals surface area contributed by atoms with Crippen molar-refractivity contribution in [2.75, 3.05) is 11.4 Å². The number of aromatic nitrogens is 2. The molecule has 106 valence electrons. The topological polar surface area (TPSA) is 29.0 Å². The van der Waals surface area contributed by atoms with E-state index in [2.05, 4.69) is 39.7 Å². The van der Waals surface area contributed by atoms with E-state index in [1.807, 2.05) is 17.9 Å². The van der Waals surface area contributed by atoms with E-state index < -0.39 is 0 Å². The molecule has 0 bridgehead atoms. The SMILES string of the molecule is CCN(c1ccc(F)cc1)c1cc(Br)nc(C(C)C)n1. The van der Waals surface area contributed by atoms with Gasteiger partial charge >= 0.3 is 0 Å². The Balaban J connectivity index is 2.43. The smallest absolute Gasteiger partial charge is 0.137 e. The molecule has 0 aliphatic rings. The summed E-state index contributed by atoms with van der Waals surface area (Å²) in [7, 11) is 0. The fraction of sp³-hybridized carbons (Fsp3) is 0.333. The highest BCUT2D eigenvalue weighted by Gasteiger charge is 2.13. The van der Waals surface area contributed by atoms with Crippen molar-refractivity contribution in [2.45, 2.75) is 26.7 Å². The number of hydrogen-bond donors (Lipinski definition) is 0. The van der Waals surface area contributed by atoms with Crippen molar-refractivity contribution >= 4 is 27.4 Å². The second kappa shape index (κ2) is 6.31. The molecule has 0 spiro atoms. The molecule has 0 amide bonds. The number of anilines is 2. The fourth-order valence-electron chi connectivity index (χ4n) is 1.92. The number of hydrogen-bond acceptors (Lipinski definition) is 3. The maximum absolute atomic E-state index is 13.0. The summed E-state index contributed by atoms with van der Waals surface area (Å²) in [4.78, 5) is 11.0. The first-order valence-electron chi connectivity index (χ1n) is 6.59. The third-order valence-corrected chi connectivity index (χ3v) is 3.35. The summed E-state index contributed by atoms with van der Waals surface area (Å²) >= 11 is 3.43. The predicted molar refractivity (Wildman–Crippen MR) is 82.9 cm³/mol. The van der Waals surface area contributed by atoms with Crippen LogP contribution in [-0.4, -0.2) is 16.5 Å². The standard InChI is InChI=1S/C15H17BrFN3/c1-4-20(12-7-5-11(17)6-8-12)14-9-13(16)18-15(19-14)10(2)3/h5-10H,4H2,1-3H3. The van der Waals surface area contributed by atoms with E-state index in [0.717, 1.165) is 28.5 Å². The molecule has 2 rings (SSSR count). The lowest BCUT2D eigenvalue weighted by Crippen LogP contribution is -2.18. The molecule has 2 aromatic rings. The molecule has 0 aliphatic heterocycles. The van der Waals surface area contributed by atoms with Crippen LogP contribution < -0.4 is 4.90 Å². The summed E-state index contributed by atoms with van der Waals surface area (Å²) in [5.74, 6) is 1.61. The van der Waals surface area contributed by atoms with Crippen molar-refractivity contribution in [3.05, 3.63) is 46.6 Å². The van der Waals surface area contributed by atoms with E-state index in [1.54, 1.807) is 12.1 Å². The quantitative estimate of drug-likeness (QED) is 0.759. The van der Waals surface area contributed by atoms with Gasteiger partial charge in [-0.2, -0.15) is 0 Å². The highest BCUT2D eigenvalue weighted by Crippen LogP contribution is 2.26. The number of benzene rings is 1. The molecule has 0 N–H and O–H groups in total. The molecule has 0 radical (unpaired) electrons. The molecule has 0 atom stereocenters. The normalized spacial score (nSPS) is 10.9. The second-order valence-electron chi connectivity index (χ2n) is 4.78. The second-order valence-corrected chi connectivity index (χ2v) is 5.59. The summed E-state index contributed by atoms with van der Waals surface area (Å²) in [6.07, 6.45) is 0. The Bertz CT molecular complexity index is 584. The van der Waals surface area contributed by atoms with Crippen molar-refractivity contribution in [1.29, 1.82) is 0 Å². The minimum Gasteiger partial charge on any atom is -0.327 e. The maximum atomic E-state index is 13.0. The summed E-state index contributed by atoms with van der Waals surface area (Å²) in [5.41, 5.74) is 0.911. The lowest BCUT2D eigenvalue weighted by molar-refractivity contribution is 0.627. The monoisotopic (exact) mass is 337 g/mol. The molecule has 0 unspecified atom stereocenters. The first-order chi connectivity index (χ1) is 9.51. The molecule has 20 heavy (non-hydrogen) atoms. The lowest BCUT2D eigenvalue weighted by atomic mass is 10.2. The van der Waals surface area contributed by atoms with Crippen LogP contribution in [-0.2, 0) is 0 Å². The van der Waals surface area contributed by atoms with E-state index in [-0.39, 0.29) is 11.7 Å². The average molecular weight is 338 g/mol. The van der Waals surface area contributed by atoms with E-state index >= 15 is 0 Å². The van der Waals surface area contributed by atoms with Gasteiger partial charge in [0.15, 0.2) is 0 Å². The van der Waals surface area contributed by atoms with Gasteiger partial charge < -0.3 is 4.90 Å². The zero-order valence-corrected chi connectivity index (χ0v) is 13.4. The minimum atomic E-state index is -0.239. The third kappa shape index (κ3) is 3.33. The van der Waals surface area contributed by atoms with Crippen LogP contribution in [0.25, 0.3) is 0 Å². The largest absolute Gasteiger partial charge is 0.327 e. The molecule has 3 nitrogen and oxygen atoms in total. The Morgan fingerprint density at radius 3 is 2.40 bits per heavy atom. The maximum Gasteiger partial charge on any atom is 0.137 e. The van der Waals surface area contributed by atoms with Gasteiger partial charge in [-0.15, -0.1) is 0 Å². The predicted octanol–water partition coefficient (Wildman–Crippen LogP) is 4.66. The zero-order chi connectivity index (χ0) is 14.7. The van der Waals surface area contributed by atoms with Crippen LogP contribution in [0.15, 0.2) is 34.9 Å². The van der Waals surface area contributed by atoms with Gasteiger partial charge in [0.2, 0.25) is 0 Å². The van der Waals surface area contributed by atoms with Gasteiger partial charge in [0.1, 0.15) is 22.1 Å². The number of halogens is 2. The van der Waals surface area contributed by atoms with Crippen molar-refractivity contribution < 1.29 is 4.39 Å². The Labute approximate surface area is 127 Å². The highest BCUT2D eigenvalue weighted by molar-refractivity contribution is 9.10. The Morgan fingerprint density at radius 2 is 1.85 bits per heavy atom. The van der Waals surface area contributed by atoms with E-state index in [9.17, 15) is 4.39 Å². The first-order valence-corrected chi connectivity index (χ1v) is 7.38. The van der Waals surface area contributed by atoms with Gasteiger partial charge in [-0.3, -0.25) is 0 Å². The van der Waals surface area contributed by atoms with E-state index in [1.165, 1.54) is 12.1 Å².